The molecule has 0 bridgehead atoms. The van der Waals surface area contributed by atoms with Gasteiger partial charge < -0.3 is 5.32 Å². The quantitative estimate of drug-likeness (QED) is 0.788. The summed E-state index contributed by atoms with van der Waals surface area (Å²) in [5.74, 6) is 0. The molecule has 1 nitrogen and oxygen atoms in total. The van der Waals surface area contributed by atoms with Gasteiger partial charge in [0.1, 0.15) is 0 Å². The summed E-state index contributed by atoms with van der Waals surface area (Å²) in [5.41, 5.74) is 5.38. The van der Waals surface area contributed by atoms with Crippen LogP contribution >= 0.6 is 27.3 Å². The molecule has 1 aromatic carbocycles. The summed E-state index contributed by atoms with van der Waals surface area (Å²) in [4.78, 5) is 0. The van der Waals surface area contributed by atoms with Gasteiger partial charge in [0.05, 0.1) is 6.04 Å². The molecule has 1 atom stereocenters. The second-order valence-electron chi connectivity index (χ2n) is 4.92. The summed E-state index contributed by atoms with van der Waals surface area (Å²) in [6, 6.07) is 6.99. The van der Waals surface area contributed by atoms with Crippen LogP contribution in [0.4, 0.5) is 0 Å². The molecule has 3 heteroatoms. The zero-order valence-electron chi connectivity index (χ0n) is 11.7. The Morgan fingerprint density at radius 2 is 2.00 bits per heavy atom. The fourth-order valence-electron chi connectivity index (χ4n) is 2.32. The Labute approximate surface area is 128 Å². The minimum atomic E-state index is 0.279. The second kappa shape index (κ2) is 6.69. The first-order valence-corrected chi connectivity index (χ1v) is 8.39. The lowest BCUT2D eigenvalue weighted by Gasteiger charge is -2.21. The van der Waals surface area contributed by atoms with Crippen LogP contribution in [0.15, 0.2) is 33.4 Å². The average Bonchev–Trinajstić information content (AvgIpc) is 2.78. The van der Waals surface area contributed by atoms with Crippen LogP contribution < -0.4 is 5.32 Å². The third-order valence-electron chi connectivity index (χ3n) is 3.29. The van der Waals surface area contributed by atoms with Gasteiger partial charge in [-0.25, -0.2) is 0 Å². The lowest BCUT2D eigenvalue weighted by atomic mass is 9.95. The Balaban J connectivity index is 2.40. The summed E-state index contributed by atoms with van der Waals surface area (Å²) in [6.07, 6.45) is 1.14. The molecule has 0 aliphatic heterocycles. The summed E-state index contributed by atoms with van der Waals surface area (Å²) < 4.78 is 1.20. The lowest BCUT2D eigenvalue weighted by molar-refractivity contribution is 0.596. The lowest BCUT2D eigenvalue weighted by Crippen LogP contribution is -2.23. The number of hydrogen-bond donors (Lipinski definition) is 1. The molecule has 0 aliphatic rings. The monoisotopic (exact) mass is 337 g/mol. The molecule has 2 aromatic rings. The number of aryl methyl sites for hydroxylation is 2. The van der Waals surface area contributed by atoms with Crippen molar-refractivity contribution in [1.29, 1.82) is 0 Å². The zero-order chi connectivity index (χ0) is 13.8. The molecule has 1 heterocycles. The molecule has 0 saturated heterocycles. The summed E-state index contributed by atoms with van der Waals surface area (Å²) in [6.45, 7) is 7.57. The number of nitrogens with one attached hydrogen (secondary N) is 1. The molecule has 1 aromatic heterocycles. The molecule has 2 rings (SSSR count). The van der Waals surface area contributed by atoms with Gasteiger partial charge in [-0.05, 0) is 64.8 Å². The van der Waals surface area contributed by atoms with Gasteiger partial charge in [-0.15, -0.1) is 0 Å². The molecular weight excluding hydrogens is 318 g/mol. The molecule has 0 radical (unpaired) electrons. The highest BCUT2D eigenvalue weighted by atomic mass is 79.9. The smallest absolute Gasteiger partial charge is 0.0598 e. The Bertz CT molecular complexity index is 547. The summed E-state index contributed by atoms with van der Waals surface area (Å²) in [7, 11) is 0. The Hall–Kier alpha value is -0.640. The van der Waals surface area contributed by atoms with E-state index in [1.165, 1.54) is 26.7 Å². The minimum absolute atomic E-state index is 0.279. The van der Waals surface area contributed by atoms with E-state index < -0.39 is 0 Å². The number of benzene rings is 1. The van der Waals surface area contributed by atoms with E-state index in [0.29, 0.717) is 0 Å². The largest absolute Gasteiger partial charge is 0.306 e. The highest BCUT2D eigenvalue weighted by Gasteiger charge is 2.18. The third kappa shape index (κ3) is 3.47. The standard InChI is InChI=1S/C16H20BrNS/c1-4-7-18-16(14-9-19-10-15(14)17)13-6-5-11(2)8-12(13)3/h5-6,8-10,16,18H,4,7H2,1-3H3. The van der Waals surface area contributed by atoms with Crippen LogP contribution in [0.3, 0.4) is 0 Å². The predicted molar refractivity (Wildman–Crippen MR) is 88.1 cm³/mol. The predicted octanol–water partition coefficient (Wildman–Crippen LogP) is 5.22. The van der Waals surface area contributed by atoms with Gasteiger partial charge in [0.2, 0.25) is 0 Å². The summed E-state index contributed by atoms with van der Waals surface area (Å²) in [5, 5.41) is 8.05. The van der Waals surface area contributed by atoms with E-state index in [9.17, 15) is 0 Å². The van der Waals surface area contributed by atoms with Crippen LogP contribution in [0.5, 0.6) is 0 Å². The van der Waals surface area contributed by atoms with E-state index in [2.05, 4.69) is 71.0 Å². The Morgan fingerprint density at radius 1 is 1.21 bits per heavy atom. The second-order valence-corrected chi connectivity index (χ2v) is 6.52. The number of thiophene rings is 1. The van der Waals surface area contributed by atoms with Crippen molar-refractivity contribution in [3.05, 3.63) is 55.7 Å². The molecule has 0 spiro atoms. The highest BCUT2D eigenvalue weighted by molar-refractivity contribution is 9.10. The molecule has 0 fully saturated rings. The molecule has 0 aliphatic carbocycles. The van der Waals surface area contributed by atoms with Crippen LogP contribution in [0.1, 0.15) is 41.6 Å². The van der Waals surface area contributed by atoms with Crippen molar-refractivity contribution >= 4 is 27.3 Å². The fraction of sp³-hybridized carbons (Fsp3) is 0.375. The molecule has 102 valence electrons. The molecule has 1 unspecified atom stereocenters. The van der Waals surface area contributed by atoms with Crippen molar-refractivity contribution in [2.24, 2.45) is 0 Å². The van der Waals surface area contributed by atoms with Gasteiger partial charge in [0.15, 0.2) is 0 Å². The maximum Gasteiger partial charge on any atom is 0.0598 e. The van der Waals surface area contributed by atoms with Gasteiger partial charge >= 0.3 is 0 Å². The van der Waals surface area contributed by atoms with Gasteiger partial charge in [-0.1, -0.05) is 30.7 Å². The SMILES string of the molecule is CCCNC(c1ccc(C)cc1C)c1cscc1Br. The van der Waals surface area contributed by atoms with Crippen molar-refractivity contribution in [2.75, 3.05) is 6.54 Å². The van der Waals surface area contributed by atoms with Crippen LogP contribution in [-0.2, 0) is 0 Å². The van der Waals surface area contributed by atoms with E-state index in [-0.39, 0.29) is 6.04 Å². The Morgan fingerprint density at radius 3 is 2.58 bits per heavy atom. The van der Waals surface area contributed by atoms with E-state index >= 15 is 0 Å². The van der Waals surface area contributed by atoms with Crippen molar-refractivity contribution in [3.8, 4) is 0 Å². The molecule has 19 heavy (non-hydrogen) atoms. The van der Waals surface area contributed by atoms with Crippen LogP contribution in [0, 0.1) is 13.8 Å². The van der Waals surface area contributed by atoms with E-state index in [1.807, 2.05) is 0 Å². The van der Waals surface area contributed by atoms with Crippen molar-refractivity contribution < 1.29 is 0 Å². The van der Waals surface area contributed by atoms with Crippen molar-refractivity contribution in [1.82, 2.24) is 5.32 Å². The first kappa shape index (κ1) is 14.8. The number of hydrogen-bond acceptors (Lipinski definition) is 2. The van der Waals surface area contributed by atoms with E-state index in [4.69, 9.17) is 0 Å². The minimum Gasteiger partial charge on any atom is -0.306 e. The van der Waals surface area contributed by atoms with Gasteiger partial charge in [0.25, 0.3) is 0 Å². The summed E-state index contributed by atoms with van der Waals surface area (Å²) >= 11 is 5.41. The van der Waals surface area contributed by atoms with Crippen molar-refractivity contribution in [2.45, 2.75) is 33.2 Å². The van der Waals surface area contributed by atoms with Gasteiger partial charge in [0, 0.05) is 9.85 Å². The maximum atomic E-state index is 3.67. The number of rotatable bonds is 5. The third-order valence-corrected chi connectivity index (χ3v) is 5.04. The van der Waals surface area contributed by atoms with Crippen molar-refractivity contribution in [3.63, 3.8) is 0 Å². The maximum absolute atomic E-state index is 3.67. The van der Waals surface area contributed by atoms with Crippen LogP contribution in [0.2, 0.25) is 0 Å². The zero-order valence-corrected chi connectivity index (χ0v) is 14.1. The topological polar surface area (TPSA) is 12.0 Å². The number of halogens is 1. The van der Waals surface area contributed by atoms with E-state index in [1.54, 1.807) is 11.3 Å². The van der Waals surface area contributed by atoms with Gasteiger partial charge in [-0.3, -0.25) is 0 Å². The highest BCUT2D eigenvalue weighted by Crippen LogP contribution is 2.33. The van der Waals surface area contributed by atoms with Gasteiger partial charge in [-0.2, -0.15) is 11.3 Å². The molecular formula is C16H20BrNS. The van der Waals surface area contributed by atoms with Crippen LogP contribution in [0.25, 0.3) is 0 Å². The first-order valence-electron chi connectivity index (χ1n) is 6.65. The first-order chi connectivity index (χ1) is 9.13. The van der Waals surface area contributed by atoms with E-state index in [0.717, 1.165) is 13.0 Å². The molecule has 1 N–H and O–H groups in total. The van der Waals surface area contributed by atoms with Crippen LogP contribution in [-0.4, -0.2) is 6.54 Å². The fourth-order valence-corrected chi connectivity index (χ4v) is 3.87. The molecule has 0 amide bonds. The normalized spacial score (nSPS) is 12.6. The Kier molecular flexibility index (Phi) is 5.20. The average molecular weight is 338 g/mol. The molecule has 0 saturated carbocycles.